The molecule has 4 rings (SSSR count). The van der Waals surface area contributed by atoms with E-state index in [2.05, 4.69) is 11.4 Å². The largest absolute Gasteiger partial charge is 0.493 e. The fraction of sp³-hybridized carbons (Fsp3) is 0.435. The van der Waals surface area contributed by atoms with Crippen LogP contribution in [-0.2, 0) is 11.3 Å². The van der Waals surface area contributed by atoms with Crippen LogP contribution in [0.15, 0.2) is 36.4 Å². The number of carbonyl (C=O) groups is 1. The van der Waals surface area contributed by atoms with E-state index in [1.807, 2.05) is 30.3 Å². The van der Waals surface area contributed by atoms with Gasteiger partial charge in [-0.15, -0.1) is 0 Å². The van der Waals surface area contributed by atoms with E-state index in [1.165, 1.54) is 12.8 Å². The lowest BCUT2D eigenvalue weighted by Crippen LogP contribution is -2.25. The highest BCUT2D eigenvalue weighted by Gasteiger charge is 2.34. The van der Waals surface area contributed by atoms with E-state index in [4.69, 9.17) is 18.9 Å². The summed E-state index contributed by atoms with van der Waals surface area (Å²) in [7, 11) is 3.21. The zero-order valence-electron chi connectivity index (χ0n) is 16.9. The van der Waals surface area contributed by atoms with Gasteiger partial charge in [-0.3, -0.25) is 4.79 Å². The summed E-state index contributed by atoms with van der Waals surface area (Å²) in [6, 6.07) is 11.7. The zero-order valence-corrected chi connectivity index (χ0v) is 16.9. The Bertz CT molecular complexity index is 878. The van der Waals surface area contributed by atoms with Gasteiger partial charge in [-0.1, -0.05) is 12.1 Å². The molecule has 1 fully saturated rings. The van der Waals surface area contributed by atoms with Gasteiger partial charge < -0.3 is 24.3 Å². The maximum absolute atomic E-state index is 12.7. The number of ether oxygens (including phenoxy) is 4. The first kappa shape index (κ1) is 19.4. The first-order chi connectivity index (χ1) is 14.2. The number of carbonyl (C=O) groups excluding carboxylic acids is 1. The third-order valence-corrected chi connectivity index (χ3v) is 5.53. The number of fused-ring (bicyclic) bond motifs is 1. The molecule has 0 bridgehead atoms. The average Bonchev–Trinajstić information content (AvgIpc) is 3.60. The molecule has 154 valence electrons. The van der Waals surface area contributed by atoms with Crippen molar-refractivity contribution in [2.75, 3.05) is 27.4 Å². The Hall–Kier alpha value is -2.89. The molecule has 1 unspecified atom stereocenters. The second-order valence-corrected chi connectivity index (χ2v) is 7.52. The summed E-state index contributed by atoms with van der Waals surface area (Å²) in [5, 5.41) is 3.04. The van der Waals surface area contributed by atoms with Gasteiger partial charge >= 0.3 is 0 Å². The Kier molecular flexibility index (Phi) is 5.79. The Morgan fingerprint density at radius 2 is 1.79 bits per heavy atom. The highest BCUT2D eigenvalue weighted by atomic mass is 16.6. The van der Waals surface area contributed by atoms with E-state index in [1.54, 1.807) is 14.2 Å². The van der Waals surface area contributed by atoms with Crippen molar-refractivity contribution in [1.82, 2.24) is 5.32 Å². The predicted molar refractivity (Wildman–Crippen MR) is 109 cm³/mol. The molecule has 1 atom stereocenters. The van der Waals surface area contributed by atoms with E-state index < -0.39 is 0 Å². The minimum absolute atomic E-state index is 0.0478. The number of amides is 1. The maximum atomic E-state index is 12.7. The molecule has 1 aliphatic carbocycles. The van der Waals surface area contributed by atoms with Crippen molar-refractivity contribution >= 4 is 5.91 Å². The van der Waals surface area contributed by atoms with E-state index in [0.717, 1.165) is 22.6 Å². The Morgan fingerprint density at radius 3 is 2.52 bits per heavy atom. The van der Waals surface area contributed by atoms with Crippen molar-refractivity contribution in [3.05, 3.63) is 47.5 Å². The van der Waals surface area contributed by atoms with Gasteiger partial charge in [0, 0.05) is 13.0 Å². The molecule has 0 saturated heterocycles. The van der Waals surface area contributed by atoms with Gasteiger partial charge in [0.15, 0.2) is 23.0 Å². The van der Waals surface area contributed by atoms with Crippen LogP contribution in [-0.4, -0.2) is 33.3 Å². The van der Waals surface area contributed by atoms with Crippen LogP contribution in [0.4, 0.5) is 0 Å². The van der Waals surface area contributed by atoms with Crippen LogP contribution in [0.2, 0.25) is 0 Å². The van der Waals surface area contributed by atoms with Crippen LogP contribution in [0, 0.1) is 5.92 Å². The fourth-order valence-electron chi connectivity index (χ4n) is 3.81. The molecule has 0 radical (unpaired) electrons. The highest BCUT2D eigenvalue weighted by Crippen LogP contribution is 2.46. The molecule has 6 nitrogen and oxygen atoms in total. The molecule has 0 spiro atoms. The first-order valence-electron chi connectivity index (χ1n) is 10.0. The predicted octanol–water partition coefficient (Wildman–Crippen LogP) is 3.68. The average molecular weight is 397 g/mol. The molecule has 1 N–H and O–H groups in total. The van der Waals surface area contributed by atoms with Crippen molar-refractivity contribution in [2.45, 2.75) is 31.7 Å². The Labute approximate surface area is 171 Å². The van der Waals surface area contributed by atoms with Gasteiger partial charge in [0.1, 0.15) is 13.2 Å². The normalized spacial score (nSPS) is 16.1. The van der Waals surface area contributed by atoms with Gasteiger partial charge in [0.25, 0.3) is 0 Å². The number of hydrogen-bond acceptors (Lipinski definition) is 5. The number of nitrogens with one attached hydrogen (secondary N) is 1. The van der Waals surface area contributed by atoms with Crippen LogP contribution in [0.25, 0.3) is 0 Å². The molecule has 1 saturated carbocycles. The highest BCUT2D eigenvalue weighted by molar-refractivity contribution is 5.77. The van der Waals surface area contributed by atoms with Crippen molar-refractivity contribution in [3.8, 4) is 23.0 Å². The summed E-state index contributed by atoms with van der Waals surface area (Å²) in [5.74, 6) is 3.71. The standard InChI is InChI=1S/C23H27NO5/c1-26-19-7-3-15(11-21(19)27-2)14-24-23(25)13-18(16-4-5-16)17-6-8-20-22(12-17)29-10-9-28-20/h3,6-8,11-12,16,18H,4-5,9-10,13-14H2,1-2H3,(H,24,25). The smallest absolute Gasteiger partial charge is 0.220 e. The Morgan fingerprint density at radius 1 is 1.03 bits per heavy atom. The summed E-state index contributed by atoms with van der Waals surface area (Å²) in [4.78, 5) is 12.7. The van der Waals surface area contributed by atoms with E-state index in [9.17, 15) is 4.79 Å². The summed E-state index contributed by atoms with van der Waals surface area (Å²) in [6.07, 6.45) is 2.81. The van der Waals surface area contributed by atoms with Crippen molar-refractivity contribution < 1.29 is 23.7 Å². The topological polar surface area (TPSA) is 66.0 Å². The van der Waals surface area contributed by atoms with E-state index in [-0.39, 0.29) is 11.8 Å². The third kappa shape index (κ3) is 4.58. The fourth-order valence-corrected chi connectivity index (χ4v) is 3.81. The molecule has 0 aromatic heterocycles. The van der Waals surface area contributed by atoms with E-state index >= 15 is 0 Å². The van der Waals surface area contributed by atoms with Crippen LogP contribution in [0.3, 0.4) is 0 Å². The van der Waals surface area contributed by atoms with Gasteiger partial charge in [-0.05, 0) is 60.1 Å². The number of rotatable bonds is 8. The maximum Gasteiger partial charge on any atom is 0.220 e. The number of hydrogen-bond donors (Lipinski definition) is 1. The lowest BCUT2D eigenvalue weighted by atomic mass is 9.90. The molecule has 2 aromatic rings. The monoisotopic (exact) mass is 397 g/mol. The number of benzene rings is 2. The number of methoxy groups -OCH3 is 2. The molecule has 29 heavy (non-hydrogen) atoms. The minimum atomic E-state index is 0.0478. The summed E-state index contributed by atoms with van der Waals surface area (Å²) >= 11 is 0. The van der Waals surface area contributed by atoms with Crippen molar-refractivity contribution in [3.63, 3.8) is 0 Å². The van der Waals surface area contributed by atoms with Crippen molar-refractivity contribution in [2.24, 2.45) is 5.92 Å². The SMILES string of the molecule is COc1ccc(CNC(=O)CC(c2ccc3c(c2)OCCO3)C2CC2)cc1OC. The summed E-state index contributed by atoms with van der Waals surface area (Å²) in [5.41, 5.74) is 2.12. The lowest BCUT2D eigenvalue weighted by molar-refractivity contribution is -0.121. The zero-order chi connectivity index (χ0) is 20.2. The Balaban J connectivity index is 1.40. The van der Waals surface area contributed by atoms with Gasteiger partial charge in [-0.2, -0.15) is 0 Å². The minimum Gasteiger partial charge on any atom is -0.493 e. The molecule has 2 aromatic carbocycles. The molecular formula is C23H27NO5. The van der Waals surface area contributed by atoms with Crippen LogP contribution < -0.4 is 24.3 Å². The second-order valence-electron chi connectivity index (χ2n) is 7.52. The summed E-state index contributed by atoms with van der Waals surface area (Å²) in [6.45, 7) is 1.60. The molecule has 6 heteroatoms. The van der Waals surface area contributed by atoms with Crippen LogP contribution in [0.1, 0.15) is 36.3 Å². The molecule has 1 amide bonds. The van der Waals surface area contributed by atoms with Crippen LogP contribution in [0.5, 0.6) is 23.0 Å². The quantitative estimate of drug-likeness (QED) is 0.736. The lowest BCUT2D eigenvalue weighted by Gasteiger charge is -2.22. The van der Waals surface area contributed by atoms with Gasteiger partial charge in [0.2, 0.25) is 5.91 Å². The third-order valence-electron chi connectivity index (χ3n) is 5.53. The molecular weight excluding hydrogens is 370 g/mol. The second kappa shape index (κ2) is 8.64. The molecule has 1 aliphatic heterocycles. The molecule has 2 aliphatic rings. The summed E-state index contributed by atoms with van der Waals surface area (Å²) < 4.78 is 21.9. The van der Waals surface area contributed by atoms with E-state index in [0.29, 0.717) is 43.6 Å². The first-order valence-corrected chi connectivity index (χ1v) is 10.0. The van der Waals surface area contributed by atoms with Gasteiger partial charge in [0.05, 0.1) is 14.2 Å². The van der Waals surface area contributed by atoms with Gasteiger partial charge in [-0.25, -0.2) is 0 Å². The molecule has 1 heterocycles. The van der Waals surface area contributed by atoms with Crippen molar-refractivity contribution in [1.29, 1.82) is 0 Å². The van der Waals surface area contributed by atoms with Crippen LogP contribution >= 0.6 is 0 Å².